The van der Waals surface area contributed by atoms with Crippen molar-refractivity contribution in [1.82, 2.24) is 0 Å². The second kappa shape index (κ2) is 11.5. The Labute approximate surface area is 239 Å². The standard InChI is InChI=1S/C31H32O4P4/c36-25-11-21(12-26(37)29(25)34-17-23-15-32-23)31(19-7-3-1-4-8-19,20-9-5-2-6-10-20)22-13-27(38)30(28(39)14-22)35-18-24-16-33-24/h1-14,23-24H,15-18,36-39H2. The molecule has 200 valence electrons. The first-order valence-corrected chi connectivity index (χ1v) is 15.3. The largest absolute Gasteiger partial charge is 0.489 e. The average molecular weight is 592 g/mol. The number of epoxide rings is 2. The van der Waals surface area contributed by atoms with E-state index in [1.54, 1.807) is 0 Å². The predicted molar refractivity (Wildman–Crippen MR) is 173 cm³/mol. The third-order valence-electron chi connectivity index (χ3n) is 7.20. The minimum absolute atomic E-state index is 0.194. The summed E-state index contributed by atoms with van der Waals surface area (Å²) < 4.78 is 23.1. The highest BCUT2D eigenvalue weighted by atomic mass is 31.0. The number of hydrogen-bond acceptors (Lipinski definition) is 4. The molecule has 0 radical (unpaired) electrons. The van der Waals surface area contributed by atoms with E-state index in [1.807, 2.05) is 0 Å². The van der Waals surface area contributed by atoms with Crippen LogP contribution in [0.15, 0.2) is 84.9 Å². The van der Waals surface area contributed by atoms with Gasteiger partial charge in [-0.2, -0.15) is 0 Å². The van der Waals surface area contributed by atoms with Gasteiger partial charge in [-0.25, -0.2) is 0 Å². The first kappa shape index (κ1) is 27.3. The monoisotopic (exact) mass is 592 g/mol. The Balaban J connectivity index is 1.57. The van der Waals surface area contributed by atoms with Crippen LogP contribution in [0.4, 0.5) is 0 Å². The minimum atomic E-state index is -0.591. The van der Waals surface area contributed by atoms with Crippen LogP contribution in [0.25, 0.3) is 0 Å². The zero-order chi connectivity index (χ0) is 27.0. The van der Waals surface area contributed by atoms with Gasteiger partial charge in [-0.3, -0.25) is 0 Å². The average Bonchev–Trinajstić information content (AvgIpc) is 3.86. The highest BCUT2D eigenvalue weighted by Gasteiger charge is 2.40. The van der Waals surface area contributed by atoms with Crippen molar-refractivity contribution in [3.8, 4) is 11.5 Å². The van der Waals surface area contributed by atoms with E-state index < -0.39 is 5.41 Å². The summed E-state index contributed by atoms with van der Waals surface area (Å²) in [6.45, 7) is 2.66. The van der Waals surface area contributed by atoms with Crippen LogP contribution in [-0.2, 0) is 14.9 Å². The molecule has 4 aromatic rings. The lowest BCUT2D eigenvalue weighted by Crippen LogP contribution is -2.34. The number of ether oxygens (including phenoxy) is 4. The van der Waals surface area contributed by atoms with Gasteiger partial charge >= 0.3 is 0 Å². The molecule has 0 aromatic heterocycles. The molecular formula is C31H32O4P4. The third-order valence-corrected chi connectivity index (χ3v) is 8.92. The molecule has 0 spiro atoms. The zero-order valence-corrected chi connectivity index (χ0v) is 26.1. The second-order valence-corrected chi connectivity index (χ2v) is 12.5. The maximum absolute atomic E-state index is 6.18. The fourth-order valence-electron chi connectivity index (χ4n) is 5.17. The van der Waals surface area contributed by atoms with E-state index >= 15 is 0 Å². The second-order valence-electron chi connectivity index (χ2n) is 9.98. The van der Waals surface area contributed by atoms with Crippen LogP contribution >= 0.6 is 37.0 Å². The Kier molecular flexibility index (Phi) is 8.08. The molecule has 4 nitrogen and oxygen atoms in total. The summed E-state index contributed by atoms with van der Waals surface area (Å²) in [5, 5.41) is 4.04. The molecule has 0 saturated carbocycles. The fraction of sp³-hybridized carbons (Fsp3) is 0.226. The van der Waals surface area contributed by atoms with Crippen molar-refractivity contribution in [2.24, 2.45) is 0 Å². The Bertz CT molecular complexity index is 1310. The lowest BCUT2D eigenvalue weighted by atomic mass is 9.65. The molecule has 2 aliphatic rings. The quantitative estimate of drug-likeness (QED) is 0.160. The molecule has 6 rings (SSSR count). The minimum Gasteiger partial charge on any atom is -0.489 e. The smallest absolute Gasteiger partial charge is 0.133 e. The summed E-state index contributed by atoms with van der Waals surface area (Å²) in [7, 11) is 11.5. The van der Waals surface area contributed by atoms with Gasteiger partial charge in [-0.1, -0.05) is 60.7 Å². The van der Waals surface area contributed by atoms with E-state index in [1.165, 1.54) is 11.1 Å². The summed E-state index contributed by atoms with van der Waals surface area (Å²) in [6.07, 6.45) is 0.388. The molecule has 2 heterocycles. The molecule has 2 aliphatic heterocycles. The molecule has 0 bridgehead atoms. The maximum Gasteiger partial charge on any atom is 0.133 e. The van der Waals surface area contributed by atoms with Crippen molar-refractivity contribution in [3.63, 3.8) is 0 Å². The molecular weight excluding hydrogens is 560 g/mol. The summed E-state index contributed by atoms with van der Waals surface area (Å²) >= 11 is 0. The lowest BCUT2D eigenvalue weighted by Gasteiger charge is -2.38. The van der Waals surface area contributed by atoms with Crippen LogP contribution in [-0.4, -0.2) is 38.6 Å². The van der Waals surface area contributed by atoms with Crippen molar-refractivity contribution in [3.05, 3.63) is 107 Å². The Morgan fingerprint density at radius 3 is 1.21 bits per heavy atom. The van der Waals surface area contributed by atoms with Crippen LogP contribution in [0.3, 0.4) is 0 Å². The van der Waals surface area contributed by atoms with Crippen molar-refractivity contribution >= 4 is 58.2 Å². The molecule has 2 saturated heterocycles. The lowest BCUT2D eigenvalue weighted by molar-refractivity contribution is 0.266. The van der Waals surface area contributed by atoms with Gasteiger partial charge in [-0.05, 0) is 46.5 Å². The first-order chi connectivity index (χ1) is 19.0. The Hall–Kier alpha value is -1.88. The van der Waals surface area contributed by atoms with E-state index in [4.69, 9.17) is 18.9 Å². The van der Waals surface area contributed by atoms with Crippen LogP contribution in [0.1, 0.15) is 22.3 Å². The molecule has 6 atom stereocenters. The van der Waals surface area contributed by atoms with Gasteiger partial charge in [0.05, 0.1) is 18.6 Å². The normalized spacial score (nSPS) is 18.1. The van der Waals surface area contributed by atoms with Crippen LogP contribution < -0.4 is 30.7 Å². The molecule has 0 aliphatic carbocycles. The van der Waals surface area contributed by atoms with E-state index in [2.05, 4.69) is 122 Å². The highest BCUT2D eigenvalue weighted by Crippen LogP contribution is 2.45. The molecule has 2 fully saturated rings. The van der Waals surface area contributed by atoms with E-state index in [0.29, 0.717) is 13.2 Å². The van der Waals surface area contributed by atoms with Gasteiger partial charge < -0.3 is 18.9 Å². The van der Waals surface area contributed by atoms with Gasteiger partial charge in [0.2, 0.25) is 0 Å². The maximum atomic E-state index is 6.18. The first-order valence-electron chi connectivity index (χ1n) is 13.0. The number of hydrogen-bond donors (Lipinski definition) is 0. The van der Waals surface area contributed by atoms with Gasteiger partial charge in [0, 0.05) is 21.2 Å². The predicted octanol–water partition coefficient (Wildman–Crippen LogP) is 3.63. The van der Waals surface area contributed by atoms with E-state index in [0.717, 1.165) is 57.1 Å². The van der Waals surface area contributed by atoms with Gasteiger partial charge in [0.15, 0.2) is 0 Å². The van der Waals surface area contributed by atoms with Gasteiger partial charge in [-0.15, -0.1) is 37.0 Å². The Morgan fingerprint density at radius 2 is 0.897 bits per heavy atom. The summed E-state index contributed by atoms with van der Waals surface area (Å²) in [6, 6.07) is 30.4. The summed E-state index contributed by atoms with van der Waals surface area (Å²) in [5.74, 6) is 1.73. The number of rotatable bonds is 10. The molecule has 39 heavy (non-hydrogen) atoms. The van der Waals surface area contributed by atoms with Crippen molar-refractivity contribution in [2.75, 3.05) is 26.4 Å². The van der Waals surface area contributed by atoms with Crippen molar-refractivity contribution in [2.45, 2.75) is 17.6 Å². The summed E-state index contributed by atoms with van der Waals surface area (Å²) in [5.41, 5.74) is 4.07. The molecule has 0 N–H and O–H groups in total. The number of benzene rings is 4. The van der Waals surface area contributed by atoms with Crippen molar-refractivity contribution < 1.29 is 18.9 Å². The van der Waals surface area contributed by atoms with E-state index in [9.17, 15) is 0 Å². The van der Waals surface area contributed by atoms with Crippen LogP contribution in [0, 0.1) is 0 Å². The van der Waals surface area contributed by atoms with Crippen molar-refractivity contribution in [1.29, 1.82) is 0 Å². The molecule has 4 aromatic carbocycles. The SMILES string of the molecule is Pc1cc(C(c2ccccc2)(c2ccccc2)c2cc(P)c(OCC3CO3)c(P)c2)cc(P)c1OCC1CO1. The van der Waals surface area contributed by atoms with Crippen LogP contribution in [0.2, 0.25) is 0 Å². The topological polar surface area (TPSA) is 43.5 Å². The highest BCUT2D eigenvalue weighted by molar-refractivity contribution is 7.30. The van der Waals surface area contributed by atoms with Gasteiger partial charge in [0.25, 0.3) is 0 Å². The van der Waals surface area contributed by atoms with Crippen LogP contribution in [0.5, 0.6) is 11.5 Å². The van der Waals surface area contributed by atoms with Gasteiger partial charge in [0.1, 0.15) is 36.9 Å². The third kappa shape index (κ3) is 5.67. The molecule has 0 amide bonds. The zero-order valence-electron chi connectivity index (χ0n) is 21.5. The van der Waals surface area contributed by atoms with E-state index in [-0.39, 0.29) is 12.2 Å². The molecule has 8 heteroatoms. The molecule has 6 unspecified atom stereocenters. The summed E-state index contributed by atoms with van der Waals surface area (Å²) in [4.78, 5) is 0. The Morgan fingerprint density at radius 1 is 0.564 bits per heavy atom. The fourth-order valence-corrected chi connectivity index (χ4v) is 7.22.